The molecule has 1 aromatic carbocycles. The lowest BCUT2D eigenvalue weighted by Gasteiger charge is -2.17. The quantitative estimate of drug-likeness (QED) is 0.879. The van der Waals surface area contributed by atoms with Crippen LogP contribution < -0.4 is 5.73 Å². The maximum Gasteiger partial charge on any atom is 0.256 e. The zero-order chi connectivity index (χ0) is 15.4. The lowest BCUT2D eigenvalue weighted by molar-refractivity contribution is 0.0791. The third-order valence-electron chi connectivity index (χ3n) is 3.07. The van der Waals surface area contributed by atoms with Gasteiger partial charge in [-0.1, -0.05) is 6.07 Å². The number of nitrogens with two attached hydrogens (primary N) is 1. The van der Waals surface area contributed by atoms with Crippen molar-refractivity contribution in [2.45, 2.75) is 6.42 Å². The predicted octanol–water partition coefficient (Wildman–Crippen LogP) is 2.26. The summed E-state index contributed by atoms with van der Waals surface area (Å²) in [5, 5.41) is 0. The second kappa shape index (κ2) is 6.30. The van der Waals surface area contributed by atoms with Crippen molar-refractivity contribution in [3.05, 3.63) is 59.4 Å². The van der Waals surface area contributed by atoms with Gasteiger partial charge >= 0.3 is 0 Å². The van der Waals surface area contributed by atoms with Gasteiger partial charge in [-0.3, -0.25) is 9.78 Å². The molecule has 0 bridgehead atoms. The molecule has 0 unspecified atom stereocenters. The zero-order valence-corrected chi connectivity index (χ0v) is 11.5. The maximum absolute atomic E-state index is 13.8. The summed E-state index contributed by atoms with van der Waals surface area (Å²) < 4.78 is 27.1. The van der Waals surface area contributed by atoms with Crippen LogP contribution in [0.15, 0.2) is 36.5 Å². The number of benzene rings is 1. The molecule has 0 fully saturated rings. The van der Waals surface area contributed by atoms with E-state index in [0.717, 1.165) is 17.8 Å². The van der Waals surface area contributed by atoms with Crippen molar-refractivity contribution in [1.29, 1.82) is 0 Å². The number of rotatable bonds is 4. The highest BCUT2D eigenvalue weighted by molar-refractivity contribution is 5.95. The fraction of sp³-hybridized carbons (Fsp3) is 0.200. The number of carbonyl (C=O) groups excluding carboxylic acids is 1. The molecule has 0 aliphatic carbocycles. The van der Waals surface area contributed by atoms with Gasteiger partial charge in [-0.2, -0.15) is 0 Å². The van der Waals surface area contributed by atoms with Gasteiger partial charge in [0.05, 0.1) is 11.3 Å². The van der Waals surface area contributed by atoms with E-state index in [1.54, 1.807) is 12.3 Å². The Balaban J connectivity index is 2.09. The molecule has 0 radical (unpaired) electrons. The van der Waals surface area contributed by atoms with Crippen molar-refractivity contribution >= 4 is 11.6 Å². The third kappa shape index (κ3) is 3.53. The average molecular weight is 291 g/mol. The standard InChI is InChI=1S/C15H15F2N3O/c1-20(7-5-11-4-2-3-6-19-11)15(21)12-8-10(16)9-13(18)14(12)17/h2-4,6,8-9H,5,7,18H2,1H3. The number of carbonyl (C=O) groups is 1. The summed E-state index contributed by atoms with van der Waals surface area (Å²) in [5.41, 5.74) is 5.40. The molecule has 1 aromatic heterocycles. The Bertz CT molecular complexity index is 647. The monoisotopic (exact) mass is 291 g/mol. The van der Waals surface area contributed by atoms with Crippen molar-refractivity contribution in [2.75, 3.05) is 19.3 Å². The normalized spacial score (nSPS) is 10.4. The van der Waals surface area contributed by atoms with Gasteiger partial charge in [-0.15, -0.1) is 0 Å². The summed E-state index contributed by atoms with van der Waals surface area (Å²) in [6.07, 6.45) is 2.18. The Morgan fingerprint density at radius 1 is 1.33 bits per heavy atom. The molecule has 4 nitrogen and oxygen atoms in total. The Labute approximate surface area is 121 Å². The SMILES string of the molecule is CN(CCc1ccccn1)C(=O)c1cc(F)cc(N)c1F. The smallest absolute Gasteiger partial charge is 0.256 e. The Morgan fingerprint density at radius 3 is 2.76 bits per heavy atom. The highest BCUT2D eigenvalue weighted by Gasteiger charge is 2.19. The van der Waals surface area contributed by atoms with E-state index in [1.165, 1.54) is 11.9 Å². The van der Waals surface area contributed by atoms with Crippen molar-refractivity contribution in [2.24, 2.45) is 0 Å². The van der Waals surface area contributed by atoms with Gasteiger partial charge in [0.1, 0.15) is 5.82 Å². The topological polar surface area (TPSA) is 59.2 Å². The number of pyridine rings is 1. The molecule has 0 atom stereocenters. The number of likely N-dealkylation sites (N-methyl/N-ethyl adjacent to an activating group) is 1. The summed E-state index contributed by atoms with van der Waals surface area (Å²) in [4.78, 5) is 17.6. The van der Waals surface area contributed by atoms with E-state index < -0.39 is 17.5 Å². The average Bonchev–Trinajstić information content (AvgIpc) is 2.48. The van der Waals surface area contributed by atoms with Crippen molar-refractivity contribution in [3.8, 4) is 0 Å². The summed E-state index contributed by atoms with van der Waals surface area (Å²) in [5.74, 6) is -2.25. The van der Waals surface area contributed by atoms with Crippen LogP contribution >= 0.6 is 0 Å². The minimum absolute atomic E-state index is 0.339. The first-order chi connectivity index (χ1) is 9.99. The number of hydrogen-bond donors (Lipinski definition) is 1. The van der Waals surface area contributed by atoms with E-state index >= 15 is 0 Å². The molecule has 1 heterocycles. The molecule has 2 N–H and O–H groups in total. The van der Waals surface area contributed by atoms with Crippen LogP contribution in [-0.2, 0) is 6.42 Å². The minimum atomic E-state index is -0.897. The lowest BCUT2D eigenvalue weighted by Crippen LogP contribution is -2.30. The Hall–Kier alpha value is -2.50. The van der Waals surface area contributed by atoms with E-state index in [9.17, 15) is 13.6 Å². The van der Waals surface area contributed by atoms with Gasteiger partial charge in [0.25, 0.3) is 5.91 Å². The highest BCUT2D eigenvalue weighted by atomic mass is 19.1. The van der Waals surface area contributed by atoms with Crippen molar-refractivity contribution in [1.82, 2.24) is 9.88 Å². The zero-order valence-electron chi connectivity index (χ0n) is 11.5. The predicted molar refractivity (Wildman–Crippen MR) is 75.7 cm³/mol. The van der Waals surface area contributed by atoms with Crippen LogP contribution in [0.1, 0.15) is 16.1 Å². The molecule has 0 aliphatic rings. The van der Waals surface area contributed by atoms with Crippen LogP contribution in [0, 0.1) is 11.6 Å². The number of anilines is 1. The molecule has 0 saturated carbocycles. The van der Waals surface area contributed by atoms with Gasteiger partial charge in [-0.25, -0.2) is 8.78 Å². The molecule has 6 heteroatoms. The van der Waals surface area contributed by atoms with Gasteiger partial charge in [0, 0.05) is 31.9 Å². The van der Waals surface area contributed by atoms with Crippen LogP contribution in [-0.4, -0.2) is 29.4 Å². The van der Waals surface area contributed by atoms with Gasteiger partial charge < -0.3 is 10.6 Å². The summed E-state index contributed by atoms with van der Waals surface area (Å²) in [6, 6.07) is 7.17. The molecule has 110 valence electrons. The largest absolute Gasteiger partial charge is 0.396 e. The molecular weight excluding hydrogens is 276 g/mol. The number of amides is 1. The number of halogens is 2. The van der Waals surface area contributed by atoms with E-state index in [1.807, 2.05) is 12.1 Å². The number of aromatic nitrogens is 1. The number of nitrogens with zero attached hydrogens (tertiary/aromatic N) is 2. The highest BCUT2D eigenvalue weighted by Crippen LogP contribution is 2.18. The molecule has 0 saturated heterocycles. The molecular formula is C15H15F2N3O. The van der Waals surface area contributed by atoms with Gasteiger partial charge in [0.15, 0.2) is 5.82 Å². The molecule has 1 amide bonds. The van der Waals surface area contributed by atoms with Crippen LogP contribution in [0.2, 0.25) is 0 Å². The molecule has 0 aliphatic heterocycles. The summed E-state index contributed by atoms with van der Waals surface area (Å²) in [7, 11) is 1.52. The van der Waals surface area contributed by atoms with Crippen molar-refractivity contribution in [3.63, 3.8) is 0 Å². The van der Waals surface area contributed by atoms with E-state index in [-0.39, 0.29) is 11.3 Å². The van der Waals surface area contributed by atoms with Crippen LogP contribution in [0.3, 0.4) is 0 Å². The van der Waals surface area contributed by atoms with Gasteiger partial charge in [0.2, 0.25) is 0 Å². The second-order valence-corrected chi connectivity index (χ2v) is 4.65. The Morgan fingerprint density at radius 2 is 2.10 bits per heavy atom. The second-order valence-electron chi connectivity index (χ2n) is 4.65. The van der Waals surface area contributed by atoms with Crippen LogP contribution in [0.25, 0.3) is 0 Å². The lowest BCUT2D eigenvalue weighted by atomic mass is 10.1. The Kier molecular flexibility index (Phi) is 4.47. The van der Waals surface area contributed by atoms with Crippen molar-refractivity contribution < 1.29 is 13.6 Å². The van der Waals surface area contributed by atoms with E-state index in [0.29, 0.717) is 13.0 Å². The molecule has 2 rings (SSSR count). The first-order valence-corrected chi connectivity index (χ1v) is 6.39. The molecule has 21 heavy (non-hydrogen) atoms. The first kappa shape index (κ1) is 14.9. The fourth-order valence-corrected chi connectivity index (χ4v) is 1.90. The summed E-state index contributed by atoms with van der Waals surface area (Å²) >= 11 is 0. The maximum atomic E-state index is 13.8. The number of hydrogen-bond acceptors (Lipinski definition) is 3. The summed E-state index contributed by atoms with van der Waals surface area (Å²) in [6.45, 7) is 0.339. The third-order valence-corrected chi connectivity index (χ3v) is 3.07. The van der Waals surface area contributed by atoms with E-state index in [2.05, 4.69) is 4.98 Å². The van der Waals surface area contributed by atoms with E-state index in [4.69, 9.17) is 5.73 Å². The molecule has 2 aromatic rings. The van der Waals surface area contributed by atoms with Gasteiger partial charge in [-0.05, 0) is 24.3 Å². The van der Waals surface area contributed by atoms with Crippen LogP contribution in [0.5, 0.6) is 0 Å². The molecule has 0 spiro atoms. The van der Waals surface area contributed by atoms with Crippen LogP contribution in [0.4, 0.5) is 14.5 Å². The fourth-order valence-electron chi connectivity index (χ4n) is 1.90. The first-order valence-electron chi connectivity index (χ1n) is 6.39. The number of nitrogen functional groups attached to an aromatic ring is 1. The minimum Gasteiger partial charge on any atom is -0.396 e.